The van der Waals surface area contributed by atoms with Crippen molar-refractivity contribution in [3.63, 3.8) is 0 Å². The van der Waals surface area contributed by atoms with Crippen LogP contribution in [0.15, 0.2) is 42.1 Å². The van der Waals surface area contributed by atoms with E-state index in [4.69, 9.17) is 9.47 Å². The molecular weight excluding hydrogens is 384 g/mol. The van der Waals surface area contributed by atoms with Gasteiger partial charge in [-0.15, -0.1) is 0 Å². The van der Waals surface area contributed by atoms with Gasteiger partial charge in [0.05, 0.1) is 32.1 Å². The van der Waals surface area contributed by atoms with Crippen molar-refractivity contribution in [3.8, 4) is 11.5 Å². The molecule has 158 valence electrons. The molecule has 0 fully saturated rings. The molecule has 3 rings (SSSR count). The molecule has 1 N–H and O–H groups in total. The number of carbonyl (C=O) groups excluding carboxylic acids is 2. The van der Waals surface area contributed by atoms with Crippen LogP contribution in [0.1, 0.15) is 16.7 Å². The molecule has 0 aliphatic carbocycles. The highest BCUT2D eigenvalue weighted by Gasteiger charge is 2.43. The highest BCUT2D eigenvalue weighted by molar-refractivity contribution is 6.45. The summed E-state index contributed by atoms with van der Waals surface area (Å²) in [5.41, 5.74) is 3.54. The van der Waals surface area contributed by atoms with Crippen molar-refractivity contribution < 1.29 is 24.2 Å². The van der Waals surface area contributed by atoms with Crippen LogP contribution in [-0.4, -0.2) is 56.2 Å². The largest absolute Gasteiger partial charge is 0.497 e. The molecule has 1 aliphatic heterocycles. The maximum atomic E-state index is 13.6. The maximum Gasteiger partial charge on any atom is 0.282 e. The van der Waals surface area contributed by atoms with Crippen LogP contribution in [0.3, 0.4) is 0 Å². The summed E-state index contributed by atoms with van der Waals surface area (Å²) in [5.74, 6) is 0.00145. The van der Waals surface area contributed by atoms with Crippen molar-refractivity contribution in [3.05, 3.63) is 58.8 Å². The first-order valence-electron chi connectivity index (χ1n) is 9.58. The number of methoxy groups -OCH3 is 2. The van der Waals surface area contributed by atoms with E-state index in [9.17, 15) is 14.7 Å². The first-order chi connectivity index (χ1) is 14.3. The lowest BCUT2D eigenvalue weighted by Gasteiger charge is -2.21. The molecule has 0 aromatic heterocycles. The van der Waals surface area contributed by atoms with Crippen molar-refractivity contribution in [2.75, 3.05) is 39.3 Å². The summed E-state index contributed by atoms with van der Waals surface area (Å²) in [5, 5.41) is 9.41. The Morgan fingerprint density at radius 2 is 1.73 bits per heavy atom. The second-order valence-electron chi connectivity index (χ2n) is 7.17. The number of ether oxygens (including phenoxy) is 2. The predicted molar refractivity (Wildman–Crippen MR) is 115 cm³/mol. The SMILES string of the molecule is COc1ccc(N2C(=O)C(c3ccc(C)cc3C)=C(N(C)CCO)C2=O)c(OC)c1. The van der Waals surface area contributed by atoms with Crippen LogP contribution in [0.25, 0.3) is 5.57 Å². The Balaban J connectivity index is 2.19. The molecule has 2 amide bonds. The fraction of sp³-hybridized carbons (Fsp3) is 0.304. The molecule has 0 unspecified atom stereocenters. The van der Waals surface area contributed by atoms with Crippen molar-refractivity contribution in [1.29, 1.82) is 0 Å². The zero-order chi connectivity index (χ0) is 22.0. The van der Waals surface area contributed by atoms with Crippen LogP contribution in [0.2, 0.25) is 0 Å². The summed E-state index contributed by atoms with van der Waals surface area (Å²) in [6, 6.07) is 10.7. The molecule has 0 saturated carbocycles. The summed E-state index contributed by atoms with van der Waals surface area (Å²) >= 11 is 0. The van der Waals surface area contributed by atoms with Gasteiger partial charge >= 0.3 is 0 Å². The van der Waals surface area contributed by atoms with Gasteiger partial charge in [0.1, 0.15) is 17.2 Å². The zero-order valence-corrected chi connectivity index (χ0v) is 17.9. The van der Waals surface area contributed by atoms with Gasteiger partial charge in [-0.1, -0.05) is 23.8 Å². The molecule has 2 aromatic carbocycles. The fourth-order valence-corrected chi connectivity index (χ4v) is 3.66. The Hall–Kier alpha value is -3.32. The minimum atomic E-state index is -0.464. The van der Waals surface area contributed by atoms with E-state index in [1.54, 1.807) is 30.1 Å². The van der Waals surface area contributed by atoms with Gasteiger partial charge in [0, 0.05) is 19.7 Å². The van der Waals surface area contributed by atoms with E-state index in [0.29, 0.717) is 28.3 Å². The number of aryl methyl sites for hydroxylation is 2. The quantitative estimate of drug-likeness (QED) is 0.707. The fourth-order valence-electron chi connectivity index (χ4n) is 3.66. The zero-order valence-electron chi connectivity index (χ0n) is 17.9. The first-order valence-corrected chi connectivity index (χ1v) is 9.58. The van der Waals surface area contributed by atoms with Gasteiger partial charge in [0.2, 0.25) is 0 Å². The van der Waals surface area contributed by atoms with Crippen LogP contribution < -0.4 is 14.4 Å². The Morgan fingerprint density at radius 3 is 2.33 bits per heavy atom. The smallest absolute Gasteiger partial charge is 0.282 e. The first kappa shape index (κ1) is 21.4. The number of hydrogen-bond donors (Lipinski definition) is 1. The average molecular weight is 410 g/mol. The van der Waals surface area contributed by atoms with Crippen molar-refractivity contribution in [2.45, 2.75) is 13.8 Å². The van der Waals surface area contributed by atoms with E-state index in [0.717, 1.165) is 16.0 Å². The van der Waals surface area contributed by atoms with E-state index >= 15 is 0 Å². The van der Waals surface area contributed by atoms with Gasteiger partial charge in [-0.3, -0.25) is 9.59 Å². The van der Waals surface area contributed by atoms with Crippen LogP contribution in [0, 0.1) is 13.8 Å². The van der Waals surface area contributed by atoms with Crippen LogP contribution >= 0.6 is 0 Å². The topological polar surface area (TPSA) is 79.3 Å². The molecule has 1 heterocycles. The Morgan fingerprint density at radius 1 is 1.00 bits per heavy atom. The van der Waals surface area contributed by atoms with Crippen molar-refractivity contribution in [1.82, 2.24) is 4.90 Å². The molecular formula is C23H26N2O5. The third-order valence-electron chi connectivity index (χ3n) is 5.16. The second kappa shape index (κ2) is 8.59. The third-order valence-corrected chi connectivity index (χ3v) is 5.16. The molecule has 0 bridgehead atoms. The molecule has 1 aliphatic rings. The molecule has 7 nitrogen and oxygen atoms in total. The standard InChI is InChI=1S/C23H26N2O5/c1-14-6-8-17(15(2)12-14)20-21(24(3)10-11-26)23(28)25(22(20)27)18-9-7-16(29-4)13-19(18)30-5/h6-9,12-13,26H,10-11H2,1-5H3. The predicted octanol–water partition coefficient (Wildman–Crippen LogP) is 2.53. The van der Waals surface area contributed by atoms with Gasteiger partial charge in [-0.05, 0) is 37.1 Å². The number of imide groups is 1. The van der Waals surface area contributed by atoms with Gasteiger partial charge in [0.25, 0.3) is 11.8 Å². The molecule has 0 saturated heterocycles. The number of rotatable bonds is 7. The summed E-state index contributed by atoms with van der Waals surface area (Å²) in [6.07, 6.45) is 0. The molecule has 0 radical (unpaired) electrons. The van der Waals surface area contributed by atoms with Crippen LogP contribution in [-0.2, 0) is 9.59 Å². The van der Waals surface area contributed by atoms with Crippen LogP contribution in [0.5, 0.6) is 11.5 Å². The van der Waals surface area contributed by atoms with E-state index in [1.807, 2.05) is 32.0 Å². The summed E-state index contributed by atoms with van der Waals surface area (Å²) in [4.78, 5) is 29.8. The molecule has 30 heavy (non-hydrogen) atoms. The van der Waals surface area contributed by atoms with E-state index in [2.05, 4.69) is 0 Å². The Kier molecular flexibility index (Phi) is 6.12. The number of carbonyl (C=O) groups is 2. The summed E-state index contributed by atoms with van der Waals surface area (Å²) in [7, 11) is 4.69. The highest BCUT2D eigenvalue weighted by Crippen LogP contribution is 2.40. The van der Waals surface area contributed by atoms with Gasteiger partial charge in [-0.2, -0.15) is 0 Å². The minimum Gasteiger partial charge on any atom is -0.497 e. The number of nitrogens with zero attached hydrogens (tertiary/aromatic N) is 2. The number of anilines is 1. The van der Waals surface area contributed by atoms with Crippen LogP contribution in [0.4, 0.5) is 5.69 Å². The van der Waals surface area contributed by atoms with E-state index < -0.39 is 11.8 Å². The molecule has 0 atom stereocenters. The molecule has 2 aromatic rings. The number of aliphatic hydroxyl groups is 1. The minimum absolute atomic E-state index is 0.145. The number of amides is 2. The van der Waals surface area contributed by atoms with E-state index in [-0.39, 0.29) is 18.8 Å². The Bertz CT molecular complexity index is 1030. The number of likely N-dealkylation sites (N-methyl/N-ethyl adjacent to an activating group) is 1. The number of aliphatic hydroxyl groups excluding tert-OH is 1. The van der Waals surface area contributed by atoms with Gasteiger partial charge in [-0.25, -0.2) is 4.90 Å². The molecule has 0 spiro atoms. The Labute approximate surface area is 176 Å². The monoisotopic (exact) mass is 410 g/mol. The molecule has 7 heteroatoms. The van der Waals surface area contributed by atoms with Crippen molar-refractivity contribution in [2.24, 2.45) is 0 Å². The van der Waals surface area contributed by atoms with Gasteiger partial charge < -0.3 is 19.5 Å². The lowest BCUT2D eigenvalue weighted by molar-refractivity contribution is -0.120. The highest BCUT2D eigenvalue weighted by atomic mass is 16.5. The van der Waals surface area contributed by atoms with E-state index in [1.165, 1.54) is 14.2 Å². The second-order valence-corrected chi connectivity index (χ2v) is 7.17. The summed E-state index contributed by atoms with van der Waals surface area (Å²) in [6.45, 7) is 3.96. The maximum absolute atomic E-state index is 13.6. The lowest BCUT2D eigenvalue weighted by atomic mass is 9.97. The number of hydrogen-bond acceptors (Lipinski definition) is 6. The van der Waals surface area contributed by atoms with Gasteiger partial charge in [0.15, 0.2) is 0 Å². The third kappa shape index (κ3) is 3.64. The summed E-state index contributed by atoms with van der Waals surface area (Å²) < 4.78 is 10.6. The lowest BCUT2D eigenvalue weighted by Crippen LogP contribution is -2.35. The normalized spacial score (nSPS) is 13.9. The van der Waals surface area contributed by atoms with Crippen molar-refractivity contribution >= 4 is 23.1 Å². The number of benzene rings is 2. The average Bonchev–Trinajstić information content (AvgIpc) is 2.97.